The first-order valence-electron chi connectivity index (χ1n) is 10.1. The summed E-state index contributed by atoms with van der Waals surface area (Å²) >= 11 is 0. The maximum Gasteiger partial charge on any atom is 0.229 e. The lowest BCUT2D eigenvalue weighted by Gasteiger charge is -2.34. The number of hydrogen-bond donors (Lipinski definition) is 3. The van der Waals surface area contributed by atoms with Crippen molar-refractivity contribution in [3.63, 3.8) is 0 Å². The molecule has 3 unspecified atom stereocenters. The van der Waals surface area contributed by atoms with E-state index in [0.717, 1.165) is 48.4 Å². The molecule has 6 heteroatoms. The highest BCUT2D eigenvalue weighted by Gasteiger charge is 2.38. The van der Waals surface area contributed by atoms with Gasteiger partial charge in [-0.3, -0.25) is 10.2 Å². The number of amides is 1. The second-order valence-electron chi connectivity index (χ2n) is 7.78. The first-order valence-corrected chi connectivity index (χ1v) is 10.1. The van der Waals surface area contributed by atoms with Gasteiger partial charge in [-0.2, -0.15) is 0 Å². The number of H-pyrrole nitrogens is 1. The van der Waals surface area contributed by atoms with Gasteiger partial charge in [-0.15, -0.1) is 0 Å². The second-order valence-corrected chi connectivity index (χ2v) is 7.78. The Kier molecular flexibility index (Phi) is 4.58. The third kappa shape index (κ3) is 3.19. The largest absolute Gasteiger partial charge is 0.342 e. The van der Waals surface area contributed by atoms with Crippen LogP contribution in [0, 0.1) is 5.92 Å². The SMILES string of the molecule is O=C(C1CNNC1c1ccccc1)N1CCCC(c2nc3ccccc3[nH]2)C1. The Bertz CT molecular complexity index is 936. The van der Waals surface area contributed by atoms with E-state index in [1.54, 1.807) is 0 Å². The fourth-order valence-electron chi connectivity index (χ4n) is 4.50. The molecule has 0 saturated carbocycles. The molecule has 2 aliphatic rings. The number of piperidine rings is 1. The number of hydrazine groups is 1. The van der Waals surface area contributed by atoms with Crippen molar-refractivity contribution in [2.24, 2.45) is 5.92 Å². The summed E-state index contributed by atoms with van der Waals surface area (Å²) in [5.41, 5.74) is 9.68. The van der Waals surface area contributed by atoms with E-state index < -0.39 is 0 Å². The lowest BCUT2D eigenvalue weighted by atomic mass is 9.91. The van der Waals surface area contributed by atoms with Gasteiger partial charge in [-0.25, -0.2) is 10.4 Å². The smallest absolute Gasteiger partial charge is 0.229 e. The van der Waals surface area contributed by atoms with Crippen LogP contribution in [0.4, 0.5) is 0 Å². The number of nitrogens with one attached hydrogen (secondary N) is 3. The Balaban J connectivity index is 1.33. The normalized spacial score (nSPS) is 25.3. The van der Waals surface area contributed by atoms with Crippen molar-refractivity contribution in [3.05, 3.63) is 66.0 Å². The molecule has 2 aromatic carbocycles. The minimum atomic E-state index is -0.0863. The van der Waals surface area contributed by atoms with E-state index in [1.165, 1.54) is 0 Å². The van der Waals surface area contributed by atoms with Gasteiger partial charge in [-0.05, 0) is 30.5 Å². The van der Waals surface area contributed by atoms with Gasteiger partial charge >= 0.3 is 0 Å². The predicted molar refractivity (Wildman–Crippen MR) is 108 cm³/mol. The zero-order chi connectivity index (χ0) is 18.9. The number of carbonyl (C=O) groups excluding carboxylic acids is 1. The quantitative estimate of drug-likeness (QED) is 0.658. The number of nitrogens with zero attached hydrogens (tertiary/aromatic N) is 2. The first-order chi connectivity index (χ1) is 13.8. The number of hydrogen-bond acceptors (Lipinski definition) is 4. The Hall–Kier alpha value is -2.70. The van der Waals surface area contributed by atoms with Gasteiger partial charge in [0.25, 0.3) is 0 Å². The number of fused-ring (bicyclic) bond motifs is 1. The molecule has 0 bridgehead atoms. The summed E-state index contributed by atoms with van der Waals surface area (Å²) in [7, 11) is 0. The van der Waals surface area contributed by atoms with Crippen LogP contribution in [-0.2, 0) is 4.79 Å². The maximum atomic E-state index is 13.3. The van der Waals surface area contributed by atoms with Gasteiger partial charge < -0.3 is 9.88 Å². The molecule has 3 aromatic rings. The van der Waals surface area contributed by atoms with E-state index in [2.05, 4.69) is 34.0 Å². The van der Waals surface area contributed by atoms with Crippen molar-refractivity contribution >= 4 is 16.9 Å². The van der Waals surface area contributed by atoms with Gasteiger partial charge in [0.2, 0.25) is 5.91 Å². The number of likely N-dealkylation sites (tertiary alicyclic amines) is 1. The number of aromatic amines is 1. The van der Waals surface area contributed by atoms with Crippen LogP contribution >= 0.6 is 0 Å². The van der Waals surface area contributed by atoms with Gasteiger partial charge in [-0.1, -0.05) is 42.5 Å². The lowest BCUT2D eigenvalue weighted by molar-refractivity contribution is -0.136. The molecule has 144 valence electrons. The third-order valence-electron chi connectivity index (χ3n) is 5.99. The molecule has 2 fully saturated rings. The number of rotatable bonds is 3. The highest BCUT2D eigenvalue weighted by atomic mass is 16.2. The van der Waals surface area contributed by atoms with Crippen molar-refractivity contribution < 1.29 is 4.79 Å². The zero-order valence-corrected chi connectivity index (χ0v) is 15.8. The number of para-hydroxylation sites is 2. The Morgan fingerprint density at radius 2 is 1.89 bits per heavy atom. The number of benzene rings is 2. The van der Waals surface area contributed by atoms with Crippen molar-refractivity contribution in [1.29, 1.82) is 0 Å². The van der Waals surface area contributed by atoms with Crippen LogP contribution in [0.2, 0.25) is 0 Å². The first kappa shape index (κ1) is 17.4. The van der Waals surface area contributed by atoms with Gasteiger partial charge in [0.05, 0.1) is 23.0 Å². The Labute approximate surface area is 164 Å². The molecule has 2 aliphatic heterocycles. The van der Waals surface area contributed by atoms with Crippen molar-refractivity contribution in [2.75, 3.05) is 19.6 Å². The van der Waals surface area contributed by atoms with E-state index in [4.69, 9.17) is 4.98 Å². The molecule has 0 aliphatic carbocycles. The van der Waals surface area contributed by atoms with E-state index in [-0.39, 0.29) is 23.8 Å². The van der Waals surface area contributed by atoms with Crippen LogP contribution < -0.4 is 10.9 Å². The molecule has 2 saturated heterocycles. The second kappa shape index (κ2) is 7.37. The number of imidazole rings is 1. The summed E-state index contributed by atoms with van der Waals surface area (Å²) in [5.74, 6) is 1.41. The molecular weight excluding hydrogens is 350 g/mol. The van der Waals surface area contributed by atoms with Gasteiger partial charge in [0, 0.05) is 25.6 Å². The summed E-state index contributed by atoms with van der Waals surface area (Å²) in [6.07, 6.45) is 2.07. The van der Waals surface area contributed by atoms with Crippen LogP contribution in [0.5, 0.6) is 0 Å². The maximum absolute atomic E-state index is 13.3. The van der Waals surface area contributed by atoms with E-state index in [1.807, 2.05) is 41.3 Å². The minimum Gasteiger partial charge on any atom is -0.342 e. The molecule has 3 atom stereocenters. The fraction of sp³-hybridized carbons (Fsp3) is 0.364. The van der Waals surface area contributed by atoms with Crippen LogP contribution in [0.1, 0.15) is 36.2 Å². The van der Waals surface area contributed by atoms with E-state index in [0.29, 0.717) is 6.54 Å². The van der Waals surface area contributed by atoms with Crippen molar-refractivity contribution in [1.82, 2.24) is 25.7 Å². The molecule has 3 N–H and O–H groups in total. The Morgan fingerprint density at radius 1 is 1.07 bits per heavy atom. The van der Waals surface area contributed by atoms with Crippen LogP contribution in [0.25, 0.3) is 11.0 Å². The van der Waals surface area contributed by atoms with Gasteiger partial charge in [0.15, 0.2) is 0 Å². The zero-order valence-electron chi connectivity index (χ0n) is 15.8. The summed E-state index contributed by atoms with van der Waals surface area (Å²) in [5, 5.41) is 0. The summed E-state index contributed by atoms with van der Waals surface area (Å²) < 4.78 is 0. The van der Waals surface area contributed by atoms with Crippen LogP contribution in [-0.4, -0.2) is 40.4 Å². The van der Waals surface area contributed by atoms with Crippen LogP contribution in [0.15, 0.2) is 54.6 Å². The number of aromatic nitrogens is 2. The summed E-state index contributed by atoms with van der Waals surface area (Å²) in [4.78, 5) is 23.6. The highest BCUT2D eigenvalue weighted by molar-refractivity contribution is 5.81. The average molecular weight is 375 g/mol. The van der Waals surface area contributed by atoms with E-state index in [9.17, 15) is 4.79 Å². The fourth-order valence-corrected chi connectivity index (χ4v) is 4.50. The molecule has 28 heavy (non-hydrogen) atoms. The van der Waals surface area contributed by atoms with Crippen molar-refractivity contribution in [3.8, 4) is 0 Å². The van der Waals surface area contributed by atoms with E-state index >= 15 is 0 Å². The molecule has 5 rings (SSSR count). The molecular formula is C22H25N5O. The molecule has 3 heterocycles. The topological polar surface area (TPSA) is 73.1 Å². The lowest BCUT2D eigenvalue weighted by Crippen LogP contribution is -2.44. The molecule has 1 amide bonds. The molecule has 1 aromatic heterocycles. The van der Waals surface area contributed by atoms with Gasteiger partial charge in [0.1, 0.15) is 5.82 Å². The number of carbonyl (C=O) groups is 1. The van der Waals surface area contributed by atoms with Crippen LogP contribution in [0.3, 0.4) is 0 Å². The minimum absolute atomic E-state index is 0.0141. The Morgan fingerprint density at radius 3 is 2.75 bits per heavy atom. The summed E-state index contributed by atoms with van der Waals surface area (Å²) in [6.45, 7) is 2.22. The monoisotopic (exact) mass is 375 g/mol. The average Bonchev–Trinajstić information content (AvgIpc) is 3.41. The predicted octanol–water partition coefficient (Wildman–Crippen LogP) is 2.73. The molecule has 6 nitrogen and oxygen atoms in total. The molecule has 0 spiro atoms. The van der Waals surface area contributed by atoms with Crippen molar-refractivity contribution in [2.45, 2.75) is 24.8 Å². The standard InChI is InChI=1S/C22H25N5O/c28-22(17-13-23-26-20(17)15-7-2-1-3-8-15)27-12-6-9-16(14-27)21-24-18-10-4-5-11-19(18)25-21/h1-5,7-8,10-11,16-17,20,23,26H,6,9,12-14H2,(H,24,25). The summed E-state index contributed by atoms with van der Waals surface area (Å²) in [6, 6.07) is 18.3. The third-order valence-corrected chi connectivity index (χ3v) is 5.99. The molecule has 0 radical (unpaired) electrons. The highest BCUT2D eigenvalue weighted by Crippen LogP contribution is 2.31.